The van der Waals surface area contributed by atoms with Gasteiger partial charge in [0.2, 0.25) is 5.91 Å². The minimum Gasteiger partial charge on any atom is -0.322 e. The molecule has 44 heavy (non-hydrogen) atoms. The van der Waals surface area contributed by atoms with E-state index in [9.17, 15) is 14.4 Å². The number of aromatic nitrogens is 2. The Balaban J connectivity index is 1.21. The Labute approximate surface area is 259 Å². The lowest BCUT2D eigenvalue weighted by Crippen LogP contribution is -2.25. The molecule has 1 atom stereocenters. The molecule has 0 spiro atoms. The number of hydrogen-bond acceptors (Lipinski definition) is 4. The van der Waals surface area contributed by atoms with Gasteiger partial charge in [0.1, 0.15) is 10.9 Å². The normalized spacial score (nSPS) is 11.7. The summed E-state index contributed by atoms with van der Waals surface area (Å²) in [6.45, 7) is 1.81. The topological polar surface area (TPSA) is 85.1 Å². The number of carbonyl (C=O) groups is 2. The van der Waals surface area contributed by atoms with Crippen molar-refractivity contribution < 1.29 is 9.59 Å². The first-order valence-electron chi connectivity index (χ1n) is 14.2. The zero-order valence-electron chi connectivity index (χ0n) is 24.2. The highest BCUT2D eigenvalue weighted by molar-refractivity contribution is 8.00. The quantitative estimate of drug-likeness (QED) is 0.179. The predicted octanol–water partition coefficient (Wildman–Crippen LogP) is 7.36. The maximum absolute atomic E-state index is 13.8. The fourth-order valence-electron chi connectivity index (χ4n) is 5.09. The SMILES string of the molecule is Cc1c(NC(=O)C(Sc2ccc(NC(=O)c3ccc4ccccc4c3)cc2)c2ccccc2)c(=O)n(-c2ccccc2)n1C. The highest BCUT2D eigenvalue weighted by atomic mass is 32.2. The molecule has 0 saturated carbocycles. The summed E-state index contributed by atoms with van der Waals surface area (Å²) in [4.78, 5) is 41.0. The zero-order chi connectivity index (χ0) is 30.6. The molecule has 218 valence electrons. The van der Waals surface area contributed by atoms with Gasteiger partial charge in [0.15, 0.2) is 0 Å². The van der Waals surface area contributed by atoms with Crippen LogP contribution in [0.15, 0.2) is 137 Å². The van der Waals surface area contributed by atoms with Gasteiger partial charge in [0, 0.05) is 23.2 Å². The van der Waals surface area contributed by atoms with Crippen molar-refractivity contribution in [2.75, 3.05) is 10.6 Å². The lowest BCUT2D eigenvalue weighted by atomic mass is 10.1. The lowest BCUT2D eigenvalue weighted by Gasteiger charge is -2.17. The molecule has 0 bridgehead atoms. The largest absolute Gasteiger partial charge is 0.322 e. The standard InChI is InChI=1S/C36H30N4O3S/c1-24-32(36(43)40(39(24)2)30-15-7-4-8-16-30)38-35(42)33(26-12-5-3-6-13-26)44-31-21-19-29(20-22-31)37-34(41)28-18-17-25-11-9-10-14-27(25)23-28/h3-23,33H,1-2H3,(H,37,41)(H,38,42). The number of carbonyl (C=O) groups excluding carboxylic acids is 2. The second-order valence-corrected chi connectivity index (χ2v) is 11.6. The number of nitrogens with one attached hydrogen (secondary N) is 2. The summed E-state index contributed by atoms with van der Waals surface area (Å²) in [6.07, 6.45) is 0. The molecule has 2 N–H and O–H groups in total. The molecular weight excluding hydrogens is 568 g/mol. The van der Waals surface area contributed by atoms with Gasteiger partial charge in [-0.2, -0.15) is 0 Å². The van der Waals surface area contributed by atoms with E-state index in [1.54, 1.807) is 16.4 Å². The van der Waals surface area contributed by atoms with Gasteiger partial charge >= 0.3 is 0 Å². The molecule has 0 aliphatic carbocycles. The summed E-state index contributed by atoms with van der Waals surface area (Å²) >= 11 is 1.37. The minimum absolute atomic E-state index is 0.197. The van der Waals surface area contributed by atoms with Crippen molar-refractivity contribution in [3.63, 3.8) is 0 Å². The Morgan fingerprint density at radius 3 is 2.07 bits per heavy atom. The number of benzene rings is 5. The maximum Gasteiger partial charge on any atom is 0.295 e. The van der Waals surface area contributed by atoms with E-state index >= 15 is 0 Å². The Kier molecular flexibility index (Phi) is 8.16. The van der Waals surface area contributed by atoms with Crippen LogP contribution < -0.4 is 16.2 Å². The van der Waals surface area contributed by atoms with Gasteiger partial charge in [0.05, 0.1) is 11.4 Å². The number of para-hydroxylation sites is 1. The molecule has 0 aliphatic rings. The second kappa shape index (κ2) is 12.5. The first-order chi connectivity index (χ1) is 21.4. The van der Waals surface area contributed by atoms with E-state index in [-0.39, 0.29) is 23.1 Å². The van der Waals surface area contributed by atoms with Crippen molar-refractivity contribution >= 4 is 45.7 Å². The number of hydrogen-bond donors (Lipinski definition) is 2. The zero-order valence-corrected chi connectivity index (χ0v) is 25.0. The van der Waals surface area contributed by atoms with Crippen LogP contribution >= 0.6 is 11.8 Å². The molecule has 8 heteroatoms. The Hall–Kier alpha value is -5.34. The van der Waals surface area contributed by atoms with Crippen LogP contribution in [-0.2, 0) is 11.8 Å². The van der Waals surface area contributed by atoms with Gasteiger partial charge < -0.3 is 10.6 Å². The van der Waals surface area contributed by atoms with Gasteiger partial charge in [-0.25, -0.2) is 4.68 Å². The van der Waals surface area contributed by atoms with Crippen molar-refractivity contribution in [1.82, 2.24) is 9.36 Å². The third kappa shape index (κ3) is 5.93. The van der Waals surface area contributed by atoms with Gasteiger partial charge in [-0.1, -0.05) is 78.9 Å². The van der Waals surface area contributed by atoms with E-state index in [2.05, 4.69) is 10.6 Å². The molecule has 0 radical (unpaired) electrons. The van der Waals surface area contributed by atoms with Crippen LogP contribution in [0.2, 0.25) is 0 Å². The van der Waals surface area contributed by atoms with Crippen LogP contribution in [0.4, 0.5) is 11.4 Å². The minimum atomic E-state index is -0.626. The number of fused-ring (bicyclic) bond motifs is 1. The van der Waals surface area contributed by atoms with Crippen LogP contribution in [0.1, 0.15) is 26.9 Å². The summed E-state index contributed by atoms with van der Waals surface area (Å²) in [6, 6.07) is 39.7. The maximum atomic E-state index is 13.8. The highest BCUT2D eigenvalue weighted by Gasteiger charge is 2.26. The van der Waals surface area contributed by atoms with Crippen molar-refractivity contribution in [1.29, 1.82) is 0 Å². The Bertz CT molecular complexity index is 2020. The summed E-state index contributed by atoms with van der Waals surface area (Å²) < 4.78 is 3.28. The number of thioether (sulfide) groups is 1. The monoisotopic (exact) mass is 598 g/mol. The molecule has 2 amide bonds. The molecular formula is C36H30N4O3S. The van der Waals surface area contributed by atoms with E-state index in [1.807, 2.05) is 134 Å². The molecule has 1 aromatic heterocycles. The number of amides is 2. The first kappa shape index (κ1) is 28.8. The number of anilines is 2. The van der Waals surface area contributed by atoms with Gasteiger partial charge in [0.25, 0.3) is 11.5 Å². The fraction of sp³-hybridized carbons (Fsp3) is 0.0833. The van der Waals surface area contributed by atoms with Crippen LogP contribution in [0.5, 0.6) is 0 Å². The Morgan fingerprint density at radius 1 is 0.727 bits per heavy atom. The third-order valence-corrected chi connectivity index (χ3v) is 8.79. The van der Waals surface area contributed by atoms with E-state index in [0.29, 0.717) is 22.6 Å². The van der Waals surface area contributed by atoms with Crippen molar-refractivity contribution in [2.45, 2.75) is 17.1 Å². The van der Waals surface area contributed by atoms with Gasteiger partial charge in [-0.3, -0.25) is 19.1 Å². The molecule has 1 unspecified atom stereocenters. The van der Waals surface area contributed by atoms with E-state index < -0.39 is 5.25 Å². The average Bonchev–Trinajstić information content (AvgIpc) is 3.27. The van der Waals surface area contributed by atoms with E-state index in [0.717, 1.165) is 21.2 Å². The van der Waals surface area contributed by atoms with Crippen LogP contribution in [-0.4, -0.2) is 21.2 Å². The van der Waals surface area contributed by atoms with Crippen molar-refractivity contribution in [2.24, 2.45) is 7.05 Å². The molecule has 0 fully saturated rings. The predicted molar refractivity (Wildman–Crippen MR) is 178 cm³/mol. The van der Waals surface area contributed by atoms with E-state index in [1.165, 1.54) is 11.8 Å². The molecule has 6 rings (SSSR count). The van der Waals surface area contributed by atoms with Crippen LogP contribution in [0.3, 0.4) is 0 Å². The fourth-order valence-corrected chi connectivity index (χ4v) is 6.11. The molecule has 1 heterocycles. The second-order valence-electron chi connectivity index (χ2n) is 10.4. The summed E-state index contributed by atoms with van der Waals surface area (Å²) in [5.74, 6) is -0.502. The number of nitrogens with zero attached hydrogens (tertiary/aromatic N) is 2. The van der Waals surface area contributed by atoms with Crippen LogP contribution in [0, 0.1) is 6.92 Å². The number of rotatable bonds is 8. The van der Waals surface area contributed by atoms with Crippen LogP contribution in [0.25, 0.3) is 16.5 Å². The Morgan fingerprint density at radius 2 is 1.36 bits per heavy atom. The summed E-state index contributed by atoms with van der Waals surface area (Å²) in [7, 11) is 1.79. The summed E-state index contributed by atoms with van der Waals surface area (Å²) in [5.41, 5.74) is 3.34. The van der Waals surface area contributed by atoms with Crippen molar-refractivity contribution in [3.8, 4) is 5.69 Å². The molecule has 7 nitrogen and oxygen atoms in total. The molecule has 6 aromatic rings. The first-order valence-corrected chi connectivity index (χ1v) is 15.0. The summed E-state index contributed by atoms with van der Waals surface area (Å²) in [5, 5.41) is 7.33. The van der Waals surface area contributed by atoms with E-state index in [4.69, 9.17) is 0 Å². The third-order valence-electron chi connectivity index (χ3n) is 7.52. The molecule has 5 aromatic carbocycles. The highest BCUT2D eigenvalue weighted by Crippen LogP contribution is 2.37. The molecule has 0 saturated heterocycles. The molecule has 0 aliphatic heterocycles. The van der Waals surface area contributed by atoms with Gasteiger partial charge in [-0.15, -0.1) is 11.8 Å². The average molecular weight is 599 g/mol. The van der Waals surface area contributed by atoms with Gasteiger partial charge in [-0.05, 0) is 71.8 Å². The lowest BCUT2D eigenvalue weighted by molar-refractivity contribution is -0.115. The smallest absolute Gasteiger partial charge is 0.295 e. The van der Waals surface area contributed by atoms with Crippen molar-refractivity contribution in [3.05, 3.63) is 155 Å².